The predicted molar refractivity (Wildman–Crippen MR) is 117 cm³/mol. The molecule has 2 fully saturated rings. The van der Waals surface area contributed by atoms with Gasteiger partial charge in [-0.2, -0.15) is 0 Å². The molecule has 0 N–H and O–H groups in total. The van der Waals surface area contributed by atoms with Gasteiger partial charge in [-0.1, -0.05) is 12.1 Å². The topological polar surface area (TPSA) is 45.9 Å². The zero-order valence-corrected chi connectivity index (χ0v) is 17.4. The lowest BCUT2D eigenvalue weighted by Gasteiger charge is -2.44. The molecule has 0 radical (unpaired) electrons. The Hall–Kier alpha value is -2.44. The van der Waals surface area contributed by atoms with Crippen LogP contribution in [0.1, 0.15) is 42.3 Å². The van der Waals surface area contributed by atoms with E-state index in [4.69, 9.17) is 14.7 Å². The molecule has 30 heavy (non-hydrogen) atoms. The molecule has 156 valence electrons. The summed E-state index contributed by atoms with van der Waals surface area (Å²) in [5.41, 5.74) is 4.94. The summed E-state index contributed by atoms with van der Waals surface area (Å²) in [6.45, 7) is 5.47. The van der Waals surface area contributed by atoms with Crippen LogP contribution in [-0.2, 0) is 17.7 Å². The first kappa shape index (κ1) is 18.3. The molecule has 0 aromatic carbocycles. The number of fused-ring (bicyclic) bond motifs is 4. The zero-order valence-electron chi connectivity index (χ0n) is 17.4. The van der Waals surface area contributed by atoms with Crippen molar-refractivity contribution in [3.8, 4) is 0 Å². The molecule has 0 unspecified atom stereocenters. The van der Waals surface area contributed by atoms with Crippen LogP contribution in [0.15, 0.2) is 42.7 Å². The molecule has 1 aliphatic carbocycles. The minimum Gasteiger partial charge on any atom is -0.378 e. The van der Waals surface area contributed by atoms with Gasteiger partial charge in [0.05, 0.1) is 30.6 Å². The van der Waals surface area contributed by atoms with Gasteiger partial charge < -0.3 is 9.64 Å². The van der Waals surface area contributed by atoms with Crippen LogP contribution in [0.4, 0.5) is 5.82 Å². The highest BCUT2D eigenvalue weighted by atomic mass is 16.5. The second-order valence-corrected chi connectivity index (χ2v) is 8.85. The Morgan fingerprint density at radius 3 is 2.90 bits per heavy atom. The normalized spacial score (nSPS) is 24.6. The summed E-state index contributed by atoms with van der Waals surface area (Å²) in [7, 11) is 0. The summed E-state index contributed by atoms with van der Waals surface area (Å²) in [5.74, 6) is 1.94. The average Bonchev–Trinajstić information content (AvgIpc) is 3.22. The quantitative estimate of drug-likeness (QED) is 0.670. The first-order chi connectivity index (χ1) is 14.9. The highest BCUT2D eigenvalue weighted by molar-refractivity contribution is 5.52. The highest BCUT2D eigenvalue weighted by Crippen LogP contribution is 2.43. The molecule has 6 rings (SSSR count). The van der Waals surface area contributed by atoms with Gasteiger partial charge in [-0.25, -0.2) is 4.98 Å². The molecule has 3 aliphatic rings. The number of ether oxygens (including phenoxy) is 1. The van der Waals surface area contributed by atoms with Crippen LogP contribution in [0, 0.1) is 5.92 Å². The SMILES string of the molecule is c1cnc2c(c1)CC[C@H]1CCCN(Cc3cn4c(N5CCOCC5)cccc4n3)[C@@H]21. The Balaban J connectivity index is 1.31. The van der Waals surface area contributed by atoms with Gasteiger partial charge in [0.2, 0.25) is 0 Å². The third-order valence-electron chi connectivity index (χ3n) is 7.07. The van der Waals surface area contributed by atoms with E-state index in [-0.39, 0.29) is 0 Å². The lowest BCUT2D eigenvalue weighted by atomic mass is 9.77. The fourth-order valence-electron chi connectivity index (χ4n) is 5.68. The number of aromatic nitrogens is 3. The van der Waals surface area contributed by atoms with Crippen LogP contribution in [0.5, 0.6) is 0 Å². The number of hydrogen-bond donors (Lipinski definition) is 0. The second-order valence-electron chi connectivity index (χ2n) is 8.85. The van der Waals surface area contributed by atoms with E-state index in [0.717, 1.165) is 56.7 Å². The van der Waals surface area contributed by atoms with E-state index >= 15 is 0 Å². The number of likely N-dealkylation sites (tertiary alicyclic amines) is 1. The Labute approximate surface area is 177 Å². The zero-order chi connectivity index (χ0) is 19.9. The molecule has 0 bridgehead atoms. The van der Waals surface area contributed by atoms with Gasteiger partial charge >= 0.3 is 0 Å². The van der Waals surface area contributed by atoms with Crippen LogP contribution < -0.4 is 4.90 Å². The summed E-state index contributed by atoms with van der Waals surface area (Å²) in [5, 5.41) is 0. The van der Waals surface area contributed by atoms with Crippen molar-refractivity contribution in [2.24, 2.45) is 5.92 Å². The minimum absolute atomic E-state index is 0.437. The van der Waals surface area contributed by atoms with Gasteiger partial charge in [0, 0.05) is 32.0 Å². The van der Waals surface area contributed by atoms with E-state index in [1.807, 2.05) is 6.20 Å². The van der Waals surface area contributed by atoms with Crippen LogP contribution in [0.2, 0.25) is 0 Å². The van der Waals surface area contributed by atoms with E-state index in [2.05, 4.69) is 50.7 Å². The van der Waals surface area contributed by atoms with Crippen LogP contribution >= 0.6 is 0 Å². The maximum absolute atomic E-state index is 5.54. The van der Waals surface area contributed by atoms with Crippen molar-refractivity contribution in [3.05, 3.63) is 59.7 Å². The lowest BCUT2D eigenvalue weighted by Crippen LogP contribution is -2.41. The summed E-state index contributed by atoms with van der Waals surface area (Å²) in [6.07, 6.45) is 9.26. The first-order valence-electron chi connectivity index (χ1n) is 11.3. The smallest absolute Gasteiger partial charge is 0.138 e. The van der Waals surface area contributed by atoms with Gasteiger partial charge in [0.25, 0.3) is 0 Å². The van der Waals surface area contributed by atoms with Gasteiger partial charge in [0.15, 0.2) is 0 Å². The molecule has 6 nitrogen and oxygen atoms in total. The molecule has 2 saturated heterocycles. The summed E-state index contributed by atoms with van der Waals surface area (Å²) < 4.78 is 7.80. The highest BCUT2D eigenvalue weighted by Gasteiger charge is 2.37. The van der Waals surface area contributed by atoms with Crippen LogP contribution in [-0.4, -0.2) is 52.1 Å². The number of imidazole rings is 1. The number of hydrogen-bond acceptors (Lipinski definition) is 5. The number of morpholine rings is 1. The predicted octanol–water partition coefficient (Wildman–Crippen LogP) is 3.47. The number of anilines is 1. The molecule has 6 heteroatoms. The van der Waals surface area contributed by atoms with E-state index in [0.29, 0.717) is 6.04 Å². The maximum Gasteiger partial charge on any atom is 0.138 e. The summed E-state index contributed by atoms with van der Waals surface area (Å²) in [4.78, 5) is 14.9. The summed E-state index contributed by atoms with van der Waals surface area (Å²) >= 11 is 0. The molecule has 3 aromatic heterocycles. The number of aryl methyl sites for hydroxylation is 1. The molecule has 0 amide bonds. The van der Waals surface area contributed by atoms with E-state index < -0.39 is 0 Å². The van der Waals surface area contributed by atoms with Crippen LogP contribution in [0.3, 0.4) is 0 Å². The molecular formula is C24H29N5O. The van der Waals surface area contributed by atoms with Gasteiger partial charge in [0.1, 0.15) is 11.5 Å². The molecule has 3 aromatic rings. The van der Waals surface area contributed by atoms with Crippen molar-refractivity contribution < 1.29 is 4.74 Å². The van der Waals surface area contributed by atoms with Crippen molar-refractivity contribution in [2.45, 2.75) is 38.3 Å². The molecule has 2 atom stereocenters. The van der Waals surface area contributed by atoms with E-state index in [1.54, 1.807) is 0 Å². The first-order valence-corrected chi connectivity index (χ1v) is 11.3. The molecule has 0 saturated carbocycles. The van der Waals surface area contributed by atoms with Gasteiger partial charge in [-0.05, 0) is 61.9 Å². The molecule has 2 aliphatic heterocycles. The maximum atomic E-state index is 5.54. The minimum atomic E-state index is 0.437. The van der Waals surface area contributed by atoms with E-state index in [1.165, 1.54) is 42.8 Å². The van der Waals surface area contributed by atoms with Gasteiger partial charge in [-0.3, -0.25) is 14.3 Å². The van der Waals surface area contributed by atoms with Gasteiger partial charge in [-0.15, -0.1) is 0 Å². The summed E-state index contributed by atoms with van der Waals surface area (Å²) in [6, 6.07) is 11.2. The molecule has 0 spiro atoms. The largest absolute Gasteiger partial charge is 0.378 e. The number of pyridine rings is 2. The lowest BCUT2D eigenvalue weighted by molar-refractivity contribution is 0.0687. The Morgan fingerprint density at radius 1 is 1.03 bits per heavy atom. The average molecular weight is 404 g/mol. The molecular weight excluding hydrogens is 374 g/mol. The number of piperidine rings is 1. The fraction of sp³-hybridized carbons (Fsp3) is 0.500. The van der Waals surface area contributed by atoms with Crippen molar-refractivity contribution in [3.63, 3.8) is 0 Å². The Morgan fingerprint density at radius 2 is 1.97 bits per heavy atom. The Kier molecular flexibility index (Phi) is 4.69. The Bertz CT molecular complexity index is 1040. The standard InChI is InChI=1S/C24H29N5O/c1-6-21-26-20(17-29(21)22(7-1)27-12-14-30-15-13-27)16-28-11-3-5-19-9-8-18-4-2-10-25-23(18)24(19)28/h1-2,4,6-7,10,17,19,24H,3,5,8-9,11-16H2/t19-,24-/m1/s1. The molecule has 5 heterocycles. The third-order valence-corrected chi connectivity index (χ3v) is 7.07. The third kappa shape index (κ3) is 3.19. The van der Waals surface area contributed by atoms with Crippen molar-refractivity contribution in [2.75, 3.05) is 37.7 Å². The van der Waals surface area contributed by atoms with Crippen molar-refractivity contribution >= 4 is 11.5 Å². The van der Waals surface area contributed by atoms with Crippen molar-refractivity contribution in [1.29, 1.82) is 0 Å². The second kappa shape index (κ2) is 7.67. The number of nitrogens with zero attached hydrogens (tertiary/aromatic N) is 5. The van der Waals surface area contributed by atoms with Crippen LogP contribution in [0.25, 0.3) is 5.65 Å². The fourth-order valence-corrected chi connectivity index (χ4v) is 5.68. The van der Waals surface area contributed by atoms with E-state index in [9.17, 15) is 0 Å². The monoisotopic (exact) mass is 403 g/mol. The number of rotatable bonds is 3. The van der Waals surface area contributed by atoms with Crippen molar-refractivity contribution in [1.82, 2.24) is 19.3 Å².